The molecule has 1 aliphatic carbocycles. The number of hydrogen-bond acceptors (Lipinski definition) is 4. The molecule has 1 aromatic carbocycles. The van der Waals surface area contributed by atoms with E-state index in [9.17, 15) is 9.59 Å². The SMILES string of the molecule is COC(=O)c1oc2c(c1C)C(=O)CC(c1ccc(Cl)cc1)C2. The molecule has 0 bridgehead atoms. The summed E-state index contributed by atoms with van der Waals surface area (Å²) in [5.74, 6) is 0.167. The zero-order valence-electron chi connectivity index (χ0n) is 12.3. The molecule has 0 saturated carbocycles. The van der Waals surface area contributed by atoms with Crippen LogP contribution in [0, 0.1) is 6.92 Å². The van der Waals surface area contributed by atoms with Crippen molar-refractivity contribution in [3.8, 4) is 0 Å². The predicted molar refractivity (Wildman–Crippen MR) is 81.6 cm³/mol. The fraction of sp³-hybridized carbons (Fsp3) is 0.294. The lowest BCUT2D eigenvalue weighted by Gasteiger charge is -2.21. The van der Waals surface area contributed by atoms with Crippen molar-refractivity contribution in [3.63, 3.8) is 0 Å². The molecular formula is C17H15ClO4. The van der Waals surface area contributed by atoms with Crippen molar-refractivity contribution in [2.24, 2.45) is 0 Å². The van der Waals surface area contributed by atoms with Gasteiger partial charge in [-0.3, -0.25) is 4.79 Å². The van der Waals surface area contributed by atoms with Gasteiger partial charge in [-0.15, -0.1) is 0 Å². The van der Waals surface area contributed by atoms with Crippen molar-refractivity contribution in [3.05, 3.63) is 57.5 Å². The van der Waals surface area contributed by atoms with Gasteiger partial charge in [0.05, 0.1) is 12.7 Å². The first-order valence-electron chi connectivity index (χ1n) is 7.00. The molecule has 0 fully saturated rings. The smallest absolute Gasteiger partial charge is 0.374 e. The van der Waals surface area contributed by atoms with Gasteiger partial charge < -0.3 is 9.15 Å². The van der Waals surface area contributed by atoms with Crippen LogP contribution in [0.3, 0.4) is 0 Å². The zero-order chi connectivity index (χ0) is 15.9. The molecule has 4 nitrogen and oxygen atoms in total. The minimum Gasteiger partial charge on any atom is -0.463 e. The third kappa shape index (κ3) is 2.44. The molecule has 3 rings (SSSR count). The number of Topliss-reactive ketones (excluding diaryl/α,β-unsaturated/α-hetero) is 1. The Kier molecular flexibility index (Phi) is 3.79. The third-order valence-electron chi connectivity index (χ3n) is 4.07. The third-order valence-corrected chi connectivity index (χ3v) is 4.33. The Hall–Kier alpha value is -2.07. The van der Waals surface area contributed by atoms with Crippen LogP contribution in [0.15, 0.2) is 28.7 Å². The fourth-order valence-corrected chi connectivity index (χ4v) is 3.09. The summed E-state index contributed by atoms with van der Waals surface area (Å²) in [6, 6.07) is 7.46. The Morgan fingerprint density at radius 3 is 2.59 bits per heavy atom. The molecule has 1 heterocycles. The van der Waals surface area contributed by atoms with Gasteiger partial charge in [0.1, 0.15) is 5.76 Å². The number of carbonyl (C=O) groups excluding carboxylic acids is 2. The van der Waals surface area contributed by atoms with E-state index in [0.29, 0.717) is 34.8 Å². The number of ketones is 1. The molecule has 0 aliphatic heterocycles. The first-order valence-corrected chi connectivity index (χ1v) is 7.38. The molecule has 0 amide bonds. The van der Waals surface area contributed by atoms with Crippen molar-refractivity contribution in [2.75, 3.05) is 7.11 Å². The Balaban J connectivity index is 1.97. The molecule has 2 aromatic rings. The molecular weight excluding hydrogens is 304 g/mol. The average Bonchev–Trinajstić information content (AvgIpc) is 2.84. The van der Waals surface area contributed by atoms with Crippen molar-refractivity contribution in [1.29, 1.82) is 0 Å². The second-order valence-electron chi connectivity index (χ2n) is 5.43. The number of fused-ring (bicyclic) bond motifs is 1. The first-order chi connectivity index (χ1) is 10.5. The van der Waals surface area contributed by atoms with Crippen LogP contribution in [0.25, 0.3) is 0 Å². The lowest BCUT2D eigenvalue weighted by Crippen LogP contribution is -2.18. The molecule has 0 saturated heterocycles. The minimum atomic E-state index is -0.553. The highest BCUT2D eigenvalue weighted by Gasteiger charge is 2.34. The van der Waals surface area contributed by atoms with Gasteiger partial charge in [-0.2, -0.15) is 0 Å². The first kappa shape index (κ1) is 14.9. The highest BCUT2D eigenvalue weighted by molar-refractivity contribution is 6.30. The highest BCUT2D eigenvalue weighted by Crippen LogP contribution is 2.37. The lowest BCUT2D eigenvalue weighted by atomic mass is 9.82. The van der Waals surface area contributed by atoms with E-state index in [1.165, 1.54) is 7.11 Å². The molecule has 5 heteroatoms. The van der Waals surface area contributed by atoms with E-state index in [1.807, 2.05) is 24.3 Å². The summed E-state index contributed by atoms with van der Waals surface area (Å²) in [6.45, 7) is 1.72. The van der Waals surface area contributed by atoms with E-state index >= 15 is 0 Å². The van der Waals surface area contributed by atoms with E-state index in [1.54, 1.807) is 6.92 Å². The van der Waals surface area contributed by atoms with Gasteiger partial charge >= 0.3 is 5.97 Å². The van der Waals surface area contributed by atoms with Gasteiger partial charge in [0, 0.05) is 23.4 Å². The van der Waals surface area contributed by atoms with Crippen LogP contribution >= 0.6 is 11.6 Å². The number of benzene rings is 1. The summed E-state index contributed by atoms with van der Waals surface area (Å²) in [5.41, 5.74) is 2.14. The standard InChI is InChI=1S/C17H15ClO4/c1-9-15-13(19)7-11(10-3-5-12(18)6-4-10)8-14(15)22-16(9)17(20)21-2/h3-6,11H,7-8H2,1-2H3. The van der Waals surface area contributed by atoms with Crippen LogP contribution in [0.1, 0.15) is 50.1 Å². The van der Waals surface area contributed by atoms with E-state index in [0.717, 1.165) is 5.56 Å². The second-order valence-corrected chi connectivity index (χ2v) is 5.86. The van der Waals surface area contributed by atoms with Crippen molar-refractivity contribution < 1.29 is 18.7 Å². The highest BCUT2D eigenvalue weighted by atomic mass is 35.5. The quantitative estimate of drug-likeness (QED) is 0.787. The summed E-state index contributed by atoms with van der Waals surface area (Å²) in [5, 5.41) is 0.661. The van der Waals surface area contributed by atoms with Crippen LogP contribution in [0.5, 0.6) is 0 Å². The maximum absolute atomic E-state index is 12.4. The maximum Gasteiger partial charge on any atom is 0.374 e. The Labute approximate surface area is 133 Å². The molecule has 1 unspecified atom stereocenters. The molecule has 114 valence electrons. The molecule has 22 heavy (non-hydrogen) atoms. The molecule has 0 radical (unpaired) electrons. The van der Waals surface area contributed by atoms with Gasteiger partial charge in [0.15, 0.2) is 5.78 Å². The Bertz CT molecular complexity index is 743. The number of esters is 1. The van der Waals surface area contributed by atoms with Gasteiger partial charge in [0.25, 0.3) is 0 Å². The van der Waals surface area contributed by atoms with E-state index in [2.05, 4.69) is 0 Å². The number of rotatable bonds is 2. The van der Waals surface area contributed by atoms with Crippen LogP contribution in [-0.2, 0) is 11.2 Å². The summed E-state index contributed by atoms with van der Waals surface area (Å²) in [6.07, 6.45) is 0.982. The van der Waals surface area contributed by atoms with Gasteiger partial charge in [-0.1, -0.05) is 23.7 Å². The van der Waals surface area contributed by atoms with Crippen molar-refractivity contribution >= 4 is 23.4 Å². The second kappa shape index (κ2) is 5.61. The maximum atomic E-state index is 12.4. The molecule has 0 N–H and O–H groups in total. The summed E-state index contributed by atoms with van der Waals surface area (Å²) in [7, 11) is 1.29. The molecule has 1 atom stereocenters. The van der Waals surface area contributed by atoms with Crippen LogP contribution in [0.4, 0.5) is 0 Å². The van der Waals surface area contributed by atoms with Gasteiger partial charge in [-0.05, 0) is 30.5 Å². The van der Waals surface area contributed by atoms with Gasteiger partial charge in [-0.25, -0.2) is 4.79 Å². The Morgan fingerprint density at radius 2 is 1.95 bits per heavy atom. The van der Waals surface area contributed by atoms with Crippen molar-refractivity contribution in [2.45, 2.75) is 25.7 Å². The van der Waals surface area contributed by atoms with E-state index in [-0.39, 0.29) is 17.5 Å². The summed E-state index contributed by atoms with van der Waals surface area (Å²) >= 11 is 5.90. The van der Waals surface area contributed by atoms with Gasteiger partial charge in [0.2, 0.25) is 5.76 Å². The molecule has 0 spiro atoms. The monoisotopic (exact) mass is 318 g/mol. The number of halogens is 1. The minimum absolute atomic E-state index is 0.00222. The Morgan fingerprint density at radius 1 is 1.27 bits per heavy atom. The van der Waals surface area contributed by atoms with Crippen LogP contribution in [-0.4, -0.2) is 18.9 Å². The number of hydrogen-bond donors (Lipinski definition) is 0. The zero-order valence-corrected chi connectivity index (χ0v) is 13.1. The normalized spacial score (nSPS) is 17.2. The topological polar surface area (TPSA) is 56.5 Å². The van der Waals surface area contributed by atoms with E-state index < -0.39 is 5.97 Å². The van der Waals surface area contributed by atoms with E-state index in [4.69, 9.17) is 20.8 Å². The number of ether oxygens (including phenoxy) is 1. The fourth-order valence-electron chi connectivity index (χ4n) is 2.96. The lowest BCUT2D eigenvalue weighted by molar-refractivity contribution is 0.0561. The molecule has 1 aliphatic rings. The summed E-state index contributed by atoms with van der Waals surface area (Å²) in [4.78, 5) is 24.1. The number of furan rings is 1. The molecule has 1 aromatic heterocycles. The van der Waals surface area contributed by atoms with Crippen LogP contribution in [0.2, 0.25) is 5.02 Å². The largest absolute Gasteiger partial charge is 0.463 e. The average molecular weight is 319 g/mol. The predicted octanol–water partition coefficient (Wildman–Crippen LogP) is 3.94. The number of carbonyl (C=O) groups is 2. The van der Waals surface area contributed by atoms with Crippen molar-refractivity contribution in [1.82, 2.24) is 0 Å². The summed E-state index contributed by atoms with van der Waals surface area (Å²) < 4.78 is 10.3. The van der Waals surface area contributed by atoms with Crippen LogP contribution < -0.4 is 0 Å². The number of methoxy groups -OCH3 is 1.